The molecule has 0 N–H and O–H groups in total. The molecule has 0 aliphatic rings. The monoisotopic (exact) mass is 343 g/mol. The summed E-state index contributed by atoms with van der Waals surface area (Å²) in [5.41, 5.74) is 0.925. The summed E-state index contributed by atoms with van der Waals surface area (Å²) in [6.07, 6.45) is 4.73. The van der Waals surface area contributed by atoms with Crippen LogP contribution in [0.15, 0.2) is 22.7 Å². The Bertz CT molecular complexity index is 437. The lowest BCUT2D eigenvalue weighted by molar-refractivity contribution is -0.385. The van der Waals surface area contributed by atoms with E-state index in [9.17, 15) is 10.1 Å². The first-order chi connectivity index (χ1) is 9.58. The molecule has 1 atom stereocenters. The highest BCUT2D eigenvalue weighted by molar-refractivity contribution is 9.10. The largest absolute Gasteiger partial charge is 0.376 e. The number of hydrogen-bond donors (Lipinski definition) is 0. The average Bonchev–Trinajstić information content (AvgIpc) is 2.44. The van der Waals surface area contributed by atoms with E-state index in [1.165, 1.54) is 19.3 Å². The van der Waals surface area contributed by atoms with Crippen LogP contribution < -0.4 is 0 Å². The van der Waals surface area contributed by atoms with Gasteiger partial charge in [-0.25, -0.2) is 0 Å². The minimum Gasteiger partial charge on any atom is -0.376 e. The summed E-state index contributed by atoms with van der Waals surface area (Å²) >= 11 is 3.18. The van der Waals surface area contributed by atoms with E-state index in [1.54, 1.807) is 12.1 Å². The van der Waals surface area contributed by atoms with Crippen LogP contribution in [0, 0.1) is 16.0 Å². The van der Waals surface area contributed by atoms with Gasteiger partial charge in [-0.15, -0.1) is 0 Å². The molecule has 1 aromatic carbocycles. The number of nitrogens with zero attached hydrogens (tertiary/aromatic N) is 1. The Hall–Kier alpha value is -0.940. The number of hydrogen-bond acceptors (Lipinski definition) is 3. The number of benzene rings is 1. The van der Waals surface area contributed by atoms with Gasteiger partial charge in [0.25, 0.3) is 5.69 Å². The molecular weight excluding hydrogens is 322 g/mol. The van der Waals surface area contributed by atoms with Crippen molar-refractivity contribution in [2.75, 3.05) is 6.61 Å². The lowest BCUT2D eigenvalue weighted by Crippen LogP contribution is -2.09. The second-order valence-corrected chi connectivity index (χ2v) is 5.83. The van der Waals surface area contributed by atoms with Gasteiger partial charge in [0, 0.05) is 12.7 Å². The summed E-state index contributed by atoms with van der Waals surface area (Å²) in [7, 11) is 0. The van der Waals surface area contributed by atoms with Crippen LogP contribution in [-0.4, -0.2) is 11.5 Å². The fraction of sp³-hybridized carbons (Fsp3) is 0.600. The van der Waals surface area contributed by atoms with Crippen molar-refractivity contribution >= 4 is 21.6 Å². The van der Waals surface area contributed by atoms with Gasteiger partial charge >= 0.3 is 0 Å². The summed E-state index contributed by atoms with van der Waals surface area (Å²) in [5.74, 6) is 0.584. The molecule has 20 heavy (non-hydrogen) atoms. The molecule has 1 aromatic rings. The Morgan fingerprint density at radius 1 is 1.40 bits per heavy atom. The van der Waals surface area contributed by atoms with Gasteiger partial charge in [0.2, 0.25) is 0 Å². The van der Waals surface area contributed by atoms with Gasteiger partial charge in [-0.05, 0) is 39.9 Å². The van der Waals surface area contributed by atoms with Crippen molar-refractivity contribution in [2.24, 2.45) is 5.92 Å². The molecule has 0 aliphatic carbocycles. The van der Waals surface area contributed by atoms with E-state index in [1.807, 2.05) is 6.07 Å². The van der Waals surface area contributed by atoms with Crippen molar-refractivity contribution in [3.63, 3.8) is 0 Å². The summed E-state index contributed by atoms with van der Waals surface area (Å²) in [6, 6.07) is 5.12. The van der Waals surface area contributed by atoms with Crippen molar-refractivity contribution in [3.05, 3.63) is 38.3 Å². The lowest BCUT2D eigenvalue weighted by atomic mass is 10.0. The molecule has 0 amide bonds. The molecule has 1 rings (SSSR count). The smallest absolute Gasteiger partial charge is 0.283 e. The fourth-order valence-electron chi connectivity index (χ4n) is 2.03. The third-order valence-electron chi connectivity index (χ3n) is 3.37. The predicted octanol–water partition coefficient (Wildman–Crippen LogP) is 5.09. The molecule has 0 saturated heterocycles. The quantitative estimate of drug-likeness (QED) is 0.463. The van der Waals surface area contributed by atoms with E-state index in [-0.39, 0.29) is 10.6 Å². The Morgan fingerprint density at radius 3 is 2.75 bits per heavy atom. The highest BCUT2D eigenvalue weighted by atomic mass is 79.9. The van der Waals surface area contributed by atoms with Crippen LogP contribution in [0.5, 0.6) is 0 Å². The van der Waals surface area contributed by atoms with Gasteiger partial charge in [-0.2, -0.15) is 0 Å². The number of halogens is 1. The molecule has 0 spiro atoms. The molecular formula is C15H22BrNO3. The van der Waals surface area contributed by atoms with Gasteiger partial charge < -0.3 is 4.74 Å². The lowest BCUT2D eigenvalue weighted by Gasteiger charge is -2.14. The second-order valence-electron chi connectivity index (χ2n) is 4.97. The Morgan fingerprint density at radius 2 is 2.15 bits per heavy atom. The summed E-state index contributed by atoms with van der Waals surface area (Å²) in [6.45, 7) is 5.51. The molecule has 0 fully saturated rings. The highest BCUT2D eigenvalue weighted by Gasteiger charge is 2.12. The normalized spacial score (nSPS) is 12.3. The number of unbranched alkanes of at least 4 members (excludes halogenated alkanes) is 1. The van der Waals surface area contributed by atoms with Gasteiger partial charge in [-0.1, -0.05) is 39.2 Å². The van der Waals surface area contributed by atoms with Crippen LogP contribution >= 0.6 is 15.9 Å². The van der Waals surface area contributed by atoms with Crippen LogP contribution in [0.3, 0.4) is 0 Å². The highest BCUT2D eigenvalue weighted by Crippen LogP contribution is 2.26. The predicted molar refractivity (Wildman–Crippen MR) is 83.8 cm³/mol. The average molecular weight is 344 g/mol. The zero-order valence-corrected chi connectivity index (χ0v) is 13.7. The van der Waals surface area contributed by atoms with E-state index < -0.39 is 0 Å². The van der Waals surface area contributed by atoms with E-state index in [0.717, 1.165) is 18.6 Å². The molecule has 4 nitrogen and oxygen atoms in total. The van der Waals surface area contributed by atoms with E-state index in [2.05, 4.69) is 29.8 Å². The molecule has 1 unspecified atom stereocenters. The SMILES string of the molecule is CCCCC(CC)COCc1ccc(Br)c([N+](=O)[O-])c1. The maximum Gasteiger partial charge on any atom is 0.283 e. The zero-order valence-electron chi connectivity index (χ0n) is 12.1. The summed E-state index contributed by atoms with van der Waals surface area (Å²) in [4.78, 5) is 10.5. The first kappa shape index (κ1) is 17.1. The molecule has 0 aliphatic heterocycles. The van der Waals surface area contributed by atoms with Gasteiger partial charge in [-0.3, -0.25) is 10.1 Å². The molecule has 0 bridgehead atoms. The molecule has 112 valence electrons. The van der Waals surface area contributed by atoms with Crippen LogP contribution in [0.1, 0.15) is 45.1 Å². The first-order valence-corrected chi connectivity index (χ1v) is 7.88. The molecule has 5 heteroatoms. The number of nitro benzene ring substituents is 1. The zero-order chi connectivity index (χ0) is 15.0. The third kappa shape index (κ3) is 5.59. The number of ether oxygens (including phenoxy) is 1. The van der Waals surface area contributed by atoms with E-state index >= 15 is 0 Å². The molecule has 0 aromatic heterocycles. The van der Waals surface area contributed by atoms with Crippen molar-refractivity contribution in [1.82, 2.24) is 0 Å². The Kier molecular flexibility index (Phi) is 7.77. The maximum atomic E-state index is 10.9. The number of rotatable bonds is 9. The second kappa shape index (κ2) is 9.08. The molecule has 0 heterocycles. The van der Waals surface area contributed by atoms with Crippen LogP contribution in [-0.2, 0) is 11.3 Å². The fourth-order valence-corrected chi connectivity index (χ4v) is 2.42. The summed E-state index contributed by atoms with van der Waals surface area (Å²) < 4.78 is 6.21. The van der Waals surface area contributed by atoms with Crippen molar-refractivity contribution in [1.29, 1.82) is 0 Å². The summed E-state index contributed by atoms with van der Waals surface area (Å²) in [5, 5.41) is 10.9. The van der Waals surface area contributed by atoms with E-state index in [0.29, 0.717) is 17.0 Å². The first-order valence-electron chi connectivity index (χ1n) is 7.09. The van der Waals surface area contributed by atoms with Crippen LogP contribution in [0.25, 0.3) is 0 Å². The third-order valence-corrected chi connectivity index (χ3v) is 4.04. The minimum absolute atomic E-state index is 0.0872. The van der Waals surface area contributed by atoms with Gasteiger partial charge in [0.05, 0.1) is 16.0 Å². The topological polar surface area (TPSA) is 52.4 Å². The van der Waals surface area contributed by atoms with Crippen LogP contribution in [0.2, 0.25) is 0 Å². The van der Waals surface area contributed by atoms with E-state index in [4.69, 9.17) is 4.74 Å². The van der Waals surface area contributed by atoms with Gasteiger partial charge in [0.1, 0.15) is 0 Å². The Labute approximate surface area is 128 Å². The molecule has 0 radical (unpaired) electrons. The van der Waals surface area contributed by atoms with Crippen molar-refractivity contribution < 1.29 is 9.66 Å². The number of nitro groups is 1. The van der Waals surface area contributed by atoms with Gasteiger partial charge in [0.15, 0.2) is 0 Å². The van der Waals surface area contributed by atoms with Crippen molar-refractivity contribution in [3.8, 4) is 0 Å². The maximum absolute atomic E-state index is 10.9. The Balaban J connectivity index is 2.49. The van der Waals surface area contributed by atoms with Crippen molar-refractivity contribution in [2.45, 2.75) is 46.1 Å². The standard InChI is InChI=1S/C15H22BrNO3/c1-3-5-6-12(4-2)10-20-11-13-7-8-14(16)15(9-13)17(18)19/h7-9,12H,3-6,10-11H2,1-2H3. The minimum atomic E-state index is -0.385. The van der Waals surface area contributed by atoms with Crippen LogP contribution in [0.4, 0.5) is 5.69 Å². The molecule has 0 saturated carbocycles.